The molecule has 0 atom stereocenters. The second-order valence-electron chi connectivity index (χ2n) is 4.50. The van der Waals surface area contributed by atoms with Crippen LogP contribution in [0, 0.1) is 13.8 Å². The van der Waals surface area contributed by atoms with Crippen LogP contribution in [0.1, 0.15) is 11.1 Å². The van der Waals surface area contributed by atoms with Gasteiger partial charge in [-0.15, -0.1) is 0 Å². The van der Waals surface area contributed by atoms with Crippen LogP contribution in [0.25, 0.3) is 0 Å². The summed E-state index contributed by atoms with van der Waals surface area (Å²) in [5.41, 5.74) is 4.82. The van der Waals surface area contributed by atoms with Gasteiger partial charge in [0.1, 0.15) is 5.82 Å². The van der Waals surface area contributed by atoms with Crippen LogP contribution in [0.15, 0.2) is 41.4 Å². The molecule has 0 aliphatic carbocycles. The van der Waals surface area contributed by atoms with Gasteiger partial charge in [0.15, 0.2) is 0 Å². The Kier molecular flexibility index (Phi) is 3.91. The van der Waals surface area contributed by atoms with Gasteiger partial charge >= 0.3 is 0 Å². The van der Waals surface area contributed by atoms with Gasteiger partial charge in [-0.2, -0.15) is 0 Å². The van der Waals surface area contributed by atoms with Crippen LogP contribution in [0.5, 0.6) is 0 Å². The lowest BCUT2D eigenvalue weighted by atomic mass is 10.1. The van der Waals surface area contributed by atoms with Crippen LogP contribution in [0.3, 0.4) is 0 Å². The monoisotopic (exact) mass is 292 g/mol. The first kappa shape index (κ1) is 14.3. The Morgan fingerprint density at radius 3 is 2.35 bits per heavy atom. The molecule has 4 N–H and O–H groups in total. The normalized spacial score (nSPS) is 11.2. The largest absolute Gasteiger partial charge is 0.308 e. The molecular weight excluding hydrogens is 276 g/mol. The van der Waals surface area contributed by atoms with E-state index in [1.165, 1.54) is 18.3 Å². The van der Waals surface area contributed by atoms with E-state index >= 15 is 0 Å². The van der Waals surface area contributed by atoms with E-state index in [-0.39, 0.29) is 10.7 Å². The number of sulfonamides is 1. The molecule has 2 aromatic rings. The number of hydrogen-bond donors (Lipinski definition) is 3. The first-order valence-corrected chi connectivity index (χ1v) is 7.43. The lowest BCUT2D eigenvalue weighted by molar-refractivity contribution is 0.601. The van der Waals surface area contributed by atoms with Gasteiger partial charge < -0.3 is 5.43 Å². The average Bonchev–Trinajstić information content (AvgIpc) is 2.37. The van der Waals surface area contributed by atoms with Crippen LogP contribution in [0.4, 0.5) is 11.5 Å². The Balaban J connectivity index is 2.35. The van der Waals surface area contributed by atoms with E-state index in [1.54, 1.807) is 12.1 Å². The number of rotatable bonds is 4. The van der Waals surface area contributed by atoms with E-state index < -0.39 is 10.0 Å². The Morgan fingerprint density at radius 2 is 1.75 bits per heavy atom. The van der Waals surface area contributed by atoms with E-state index in [0.717, 1.165) is 11.1 Å². The highest BCUT2D eigenvalue weighted by molar-refractivity contribution is 7.92. The molecule has 106 valence electrons. The quantitative estimate of drug-likeness (QED) is 0.589. The molecule has 1 aromatic heterocycles. The van der Waals surface area contributed by atoms with Crippen LogP contribution in [-0.2, 0) is 10.0 Å². The van der Waals surface area contributed by atoms with Crippen molar-refractivity contribution in [1.29, 1.82) is 0 Å². The molecule has 0 radical (unpaired) electrons. The maximum atomic E-state index is 12.3. The molecule has 0 unspecified atom stereocenters. The van der Waals surface area contributed by atoms with Crippen molar-refractivity contribution in [3.05, 3.63) is 47.7 Å². The Morgan fingerprint density at radius 1 is 1.10 bits per heavy atom. The fraction of sp³-hybridized carbons (Fsp3) is 0.154. The third-order valence-electron chi connectivity index (χ3n) is 2.66. The number of nitrogens with two attached hydrogens (primary N) is 1. The number of hydrogen-bond acceptors (Lipinski definition) is 5. The van der Waals surface area contributed by atoms with E-state index in [2.05, 4.69) is 15.1 Å². The minimum atomic E-state index is -3.66. The Hall–Kier alpha value is -2.12. The smallest absolute Gasteiger partial charge is 0.262 e. The molecule has 0 bridgehead atoms. The molecule has 1 heterocycles. The number of pyridine rings is 1. The van der Waals surface area contributed by atoms with Gasteiger partial charge in [0.2, 0.25) is 0 Å². The third kappa shape index (κ3) is 3.25. The summed E-state index contributed by atoms with van der Waals surface area (Å²) in [6.45, 7) is 3.82. The van der Waals surface area contributed by atoms with E-state index in [0.29, 0.717) is 5.69 Å². The highest BCUT2D eigenvalue weighted by Gasteiger charge is 2.15. The van der Waals surface area contributed by atoms with E-state index in [4.69, 9.17) is 5.84 Å². The van der Waals surface area contributed by atoms with Crippen molar-refractivity contribution in [2.75, 3.05) is 10.1 Å². The number of benzene rings is 1. The lowest BCUT2D eigenvalue weighted by Gasteiger charge is -2.10. The predicted molar refractivity (Wildman–Crippen MR) is 78.8 cm³/mol. The molecule has 0 amide bonds. The van der Waals surface area contributed by atoms with Crippen molar-refractivity contribution in [2.45, 2.75) is 18.7 Å². The van der Waals surface area contributed by atoms with Gasteiger partial charge in [0.05, 0.1) is 4.90 Å². The summed E-state index contributed by atoms with van der Waals surface area (Å²) < 4.78 is 27.1. The summed E-state index contributed by atoms with van der Waals surface area (Å²) in [6.07, 6.45) is 1.38. The maximum Gasteiger partial charge on any atom is 0.262 e. The topological polar surface area (TPSA) is 97.1 Å². The van der Waals surface area contributed by atoms with E-state index in [1.807, 2.05) is 19.9 Å². The first-order valence-electron chi connectivity index (χ1n) is 5.94. The minimum Gasteiger partial charge on any atom is -0.308 e. The number of aromatic nitrogens is 1. The molecule has 0 aliphatic rings. The standard InChI is InChI=1S/C13H16N4O2S/c1-9-5-10(2)7-11(6-9)17-20(18,19)12-3-4-15-13(8-12)16-14/h3-8,17H,14H2,1-2H3,(H,15,16). The zero-order valence-electron chi connectivity index (χ0n) is 11.2. The molecule has 7 heteroatoms. The second kappa shape index (κ2) is 5.48. The number of nitrogens with zero attached hydrogens (tertiary/aromatic N) is 1. The summed E-state index contributed by atoms with van der Waals surface area (Å²) in [5, 5.41) is 0. The van der Waals surface area contributed by atoms with Crippen molar-refractivity contribution in [3.63, 3.8) is 0 Å². The summed E-state index contributed by atoms with van der Waals surface area (Å²) in [7, 11) is -3.66. The fourth-order valence-corrected chi connectivity index (χ4v) is 2.96. The Bertz CT molecular complexity index is 709. The highest BCUT2D eigenvalue weighted by Crippen LogP contribution is 2.19. The second-order valence-corrected chi connectivity index (χ2v) is 6.19. The molecule has 0 fully saturated rings. The van der Waals surface area contributed by atoms with Crippen molar-refractivity contribution >= 4 is 21.5 Å². The van der Waals surface area contributed by atoms with Crippen molar-refractivity contribution < 1.29 is 8.42 Å². The van der Waals surface area contributed by atoms with Crippen LogP contribution in [0.2, 0.25) is 0 Å². The molecule has 20 heavy (non-hydrogen) atoms. The first-order chi connectivity index (χ1) is 9.40. The predicted octanol–water partition coefficient (Wildman–Crippen LogP) is 1.78. The molecule has 0 saturated carbocycles. The minimum absolute atomic E-state index is 0.0969. The zero-order valence-corrected chi connectivity index (χ0v) is 12.0. The molecule has 0 saturated heterocycles. The summed E-state index contributed by atoms with van der Waals surface area (Å²) in [6, 6.07) is 8.29. The highest BCUT2D eigenvalue weighted by atomic mass is 32.2. The fourth-order valence-electron chi connectivity index (χ4n) is 1.90. The molecule has 0 spiro atoms. The average molecular weight is 292 g/mol. The van der Waals surface area contributed by atoms with Gasteiger partial charge in [-0.3, -0.25) is 4.72 Å². The van der Waals surface area contributed by atoms with Crippen molar-refractivity contribution in [2.24, 2.45) is 5.84 Å². The van der Waals surface area contributed by atoms with Crippen molar-refractivity contribution in [1.82, 2.24) is 4.98 Å². The van der Waals surface area contributed by atoms with Gasteiger partial charge in [-0.1, -0.05) is 6.07 Å². The zero-order chi connectivity index (χ0) is 14.8. The van der Waals surface area contributed by atoms with Gasteiger partial charge in [-0.05, 0) is 43.2 Å². The summed E-state index contributed by atoms with van der Waals surface area (Å²) >= 11 is 0. The van der Waals surface area contributed by atoms with Gasteiger partial charge in [0.25, 0.3) is 10.0 Å². The third-order valence-corrected chi connectivity index (χ3v) is 4.04. The summed E-state index contributed by atoms with van der Waals surface area (Å²) in [4.78, 5) is 3.98. The van der Waals surface area contributed by atoms with Crippen LogP contribution < -0.4 is 16.0 Å². The lowest BCUT2D eigenvalue weighted by Crippen LogP contribution is -2.15. The van der Waals surface area contributed by atoms with Gasteiger partial charge in [-0.25, -0.2) is 19.2 Å². The molecular formula is C13H16N4O2S. The number of aryl methyl sites for hydroxylation is 2. The molecule has 6 nitrogen and oxygen atoms in total. The van der Waals surface area contributed by atoms with Crippen LogP contribution in [-0.4, -0.2) is 13.4 Å². The summed E-state index contributed by atoms with van der Waals surface area (Å²) in [5.74, 6) is 5.51. The maximum absolute atomic E-state index is 12.3. The number of anilines is 2. The Labute approximate surface area is 118 Å². The molecule has 1 aromatic carbocycles. The van der Waals surface area contributed by atoms with Gasteiger partial charge in [0, 0.05) is 18.0 Å². The number of nitrogens with one attached hydrogen (secondary N) is 2. The number of hydrazine groups is 1. The van der Waals surface area contributed by atoms with Crippen molar-refractivity contribution in [3.8, 4) is 0 Å². The van der Waals surface area contributed by atoms with Crippen LogP contribution >= 0.6 is 0 Å². The molecule has 2 rings (SSSR count). The number of nitrogen functional groups attached to an aromatic ring is 1. The molecule has 0 aliphatic heterocycles. The van der Waals surface area contributed by atoms with E-state index in [9.17, 15) is 8.42 Å². The SMILES string of the molecule is Cc1cc(C)cc(NS(=O)(=O)c2ccnc(NN)c2)c1.